The van der Waals surface area contributed by atoms with Gasteiger partial charge < -0.3 is 10.0 Å². The smallest absolute Gasteiger partial charge is 0.253 e. The Labute approximate surface area is 152 Å². The van der Waals surface area contributed by atoms with Crippen LogP contribution in [-0.2, 0) is 0 Å². The van der Waals surface area contributed by atoms with E-state index in [2.05, 4.69) is 0 Å². The van der Waals surface area contributed by atoms with E-state index in [9.17, 15) is 14.3 Å². The molecule has 132 valence electrons. The van der Waals surface area contributed by atoms with E-state index >= 15 is 0 Å². The number of nitrogens with zero attached hydrogens (tertiary/aromatic N) is 1. The van der Waals surface area contributed by atoms with E-state index in [1.807, 2.05) is 0 Å². The molecule has 1 amide bonds. The van der Waals surface area contributed by atoms with Crippen molar-refractivity contribution in [2.75, 3.05) is 7.05 Å². The van der Waals surface area contributed by atoms with Crippen LogP contribution in [0.25, 0.3) is 11.1 Å². The van der Waals surface area contributed by atoms with Crippen molar-refractivity contribution in [2.45, 2.75) is 38.6 Å². The predicted octanol–water partition coefficient (Wildman–Crippen LogP) is 5.17. The molecule has 3 nitrogen and oxygen atoms in total. The number of hydrogen-bond donors (Lipinski definition) is 1. The molecule has 1 saturated carbocycles. The molecule has 0 heterocycles. The van der Waals surface area contributed by atoms with Crippen LogP contribution < -0.4 is 0 Å². The summed E-state index contributed by atoms with van der Waals surface area (Å²) in [6, 6.07) is 7.50. The fraction of sp³-hybridized carbons (Fsp3) is 0.350. The first-order valence-electron chi connectivity index (χ1n) is 8.44. The number of carbonyl (C=O) groups excluding carboxylic acids is 1. The van der Waals surface area contributed by atoms with E-state index in [0.29, 0.717) is 16.1 Å². The predicted molar refractivity (Wildman–Crippen MR) is 97.6 cm³/mol. The summed E-state index contributed by atoms with van der Waals surface area (Å²) in [5, 5.41) is 10.6. The van der Waals surface area contributed by atoms with Gasteiger partial charge in [-0.2, -0.15) is 0 Å². The zero-order chi connectivity index (χ0) is 18.1. The van der Waals surface area contributed by atoms with Crippen molar-refractivity contribution in [2.24, 2.45) is 0 Å². The van der Waals surface area contributed by atoms with Crippen molar-refractivity contribution in [3.8, 4) is 16.9 Å². The molecule has 1 N–H and O–H groups in total. The van der Waals surface area contributed by atoms with E-state index in [1.54, 1.807) is 18.9 Å². The molecule has 3 rings (SSSR count). The molecule has 0 atom stereocenters. The van der Waals surface area contributed by atoms with Crippen molar-refractivity contribution in [1.29, 1.82) is 0 Å². The number of phenols is 1. The lowest BCUT2D eigenvalue weighted by Crippen LogP contribution is -2.35. The minimum atomic E-state index is -0.504. The molecular formula is C20H21ClFNO2. The van der Waals surface area contributed by atoms with Crippen molar-refractivity contribution in [1.82, 2.24) is 4.90 Å². The average molecular weight is 362 g/mol. The third kappa shape index (κ3) is 3.49. The number of carbonyl (C=O) groups is 1. The second kappa shape index (κ2) is 7.04. The lowest BCUT2D eigenvalue weighted by molar-refractivity contribution is 0.0735. The van der Waals surface area contributed by atoms with Crippen LogP contribution in [-0.4, -0.2) is 29.0 Å². The minimum absolute atomic E-state index is 0.0606. The van der Waals surface area contributed by atoms with Crippen molar-refractivity contribution in [3.63, 3.8) is 0 Å². The Morgan fingerprint density at radius 2 is 1.88 bits per heavy atom. The molecule has 0 unspecified atom stereocenters. The van der Waals surface area contributed by atoms with Gasteiger partial charge in [-0.1, -0.05) is 24.4 Å². The molecule has 0 saturated heterocycles. The molecule has 5 heteroatoms. The quantitative estimate of drug-likeness (QED) is 0.818. The first kappa shape index (κ1) is 17.7. The summed E-state index contributed by atoms with van der Waals surface area (Å²) in [6.45, 7) is 1.76. The molecule has 0 bridgehead atoms. The Morgan fingerprint density at radius 3 is 2.56 bits per heavy atom. The fourth-order valence-electron chi connectivity index (χ4n) is 3.41. The van der Waals surface area contributed by atoms with Crippen LogP contribution in [0.15, 0.2) is 30.3 Å². The molecule has 0 spiro atoms. The number of hydrogen-bond acceptors (Lipinski definition) is 2. The third-order valence-electron chi connectivity index (χ3n) is 4.97. The van der Waals surface area contributed by atoms with Gasteiger partial charge in [0.05, 0.1) is 0 Å². The Morgan fingerprint density at radius 1 is 1.20 bits per heavy atom. The highest BCUT2D eigenvalue weighted by Gasteiger charge is 2.25. The summed E-state index contributed by atoms with van der Waals surface area (Å²) in [6.07, 6.45) is 4.27. The summed E-state index contributed by atoms with van der Waals surface area (Å²) >= 11 is 6.12. The molecule has 0 aromatic heterocycles. The number of benzene rings is 2. The second-order valence-electron chi connectivity index (χ2n) is 6.67. The molecule has 1 fully saturated rings. The standard InChI is InChI=1S/C20H21ClFNO2/c1-12-9-19(24)16(11-17(12)21)15-10-13(7-8-18(15)22)20(25)23(2)14-5-3-4-6-14/h7-11,14,24H,3-6H2,1-2H3. The zero-order valence-corrected chi connectivity index (χ0v) is 15.1. The number of aromatic hydroxyl groups is 1. The fourth-order valence-corrected chi connectivity index (χ4v) is 3.57. The van der Waals surface area contributed by atoms with Gasteiger partial charge >= 0.3 is 0 Å². The Balaban J connectivity index is 1.98. The van der Waals surface area contributed by atoms with Crippen molar-refractivity contribution < 1.29 is 14.3 Å². The van der Waals surface area contributed by atoms with E-state index in [1.165, 1.54) is 30.3 Å². The van der Waals surface area contributed by atoms with Gasteiger partial charge in [0, 0.05) is 34.8 Å². The Hall–Kier alpha value is -2.07. The topological polar surface area (TPSA) is 40.5 Å². The summed E-state index contributed by atoms with van der Waals surface area (Å²) in [5.74, 6) is -0.698. The van der Waals surface area contributed by atoms with Gasteiger partial charge in [-0.25, -0.2) is 4.39 Å². The number of rotatable bonds is 3. The lowest BCUT2D eigenvalue weighted by Gasteiger charge is -2.24. The van der Waals surface area contributed by atoms with E-state index in [0.717, 1.165) is 25.7 Å². The van der Waals surface area contributed by atoms with Crippen LogP contribution in [0, 0.1) is 12.7 Å². The first-order chi connectivity index (χ1) is 11.9. The van der Waals surface area contributed by atoms with E-state index in [-0.39, 0.29) is 28.8 Å². The Bertz CT molecular complexity index is 816. The average Bonchev–Trinajstić information content (AvgIpc) is 3.12. The van der Waals surface area contributed by atoms with Crippen LogP contribution in [0.3, 0.4) is 0 Å². The molecular weight excluding hydrogens is 341 g/mol. The largest absolute Gasteiger partial charge is 0.507 e. The van der Waals surface area contributed by atoms with Crippen molar-refractivity contribution >= 4 is 17.5 Å². The Kier molecular flexibility index (Phi) is 5.00. The molecule has 1 aliphatic rings. The summed E-state index contributed by atoms with van der Waals surface area (Å²) in [5.41, 5.74) is 1.56. The molecule has 1 aliphatic carbocycles. The number of aryl methyl sites for hydroxylation is 1. The maximum absolute atomic E-state index is 14.4. The SMILES string of the molecule is Cc1cc(O)c(-c2cc(C(=O)N(C)C3CCCC3)ccc2F)cc1Cl. The zero-order valence-electron chi connectivity index (χ0n) is 14.4. The van der Waals surface area contributed by atoms with Crippen LogP contribution in [0.4, 0.5) is 4.39 Å². The molecule has 25 heavy (non-hydrogen) atoms. The molecule has 0 aliphatic heterocycles. The number of amides is 1. The maximum Gasteiger partial charge on any atom is 0.253 e. The van der Waals surface area contributed by atoms with Gasteiger partial charge in [-0.3, -0.25) is 4.79 Å². The highest BCUT2D eigenvalue weighted by Crippen LogP contribution is 2.36. The summed E-state index contributed by atoms with van der Waals surface area (Å²) in [7, 11) is 1.79. The molecule has 2 aromatic carbocycles. The number of halogens is 2. The normalized spacial score (nSPS) is 14.7. The monoisotopic (exact) mass is 361 g/mol. The highest BCUT2D eigenvalue weighted by atomic mass is 35.5. The highest BCUT2D eigenvalue weighted by molar-refractivity contribution is 6.31. The van der Waals surface area contributed by atoms with E-state index in [4.69, 9.17) is 11.6 Å². The van der Waals surface area contributed by atoms with Crippen LogP contribution in [0.2, 0.25) is 5.02 Å². The van der Waals surface area contributed by atoms with Gasteiger partial charge in [0.15, 0.2) is 0 Å². The van der Waals surface area contributed by atoms with Gasteiger partial charge in [0.2, 0.25) is 0 Å². The van der Waals surface area contributed by atoms with Crippen LogP contribution >= 0.6 is 11.6 Å². The third-order valence-corrected chi connectivity index (χ3v) is 5.38. The van der Waals surface area contributed by atoms with Gasteiger partial charge in [-0.15, -0.1) is 0 Å². The summed E-state index contributed by atoms with van der Waals surface area (Å²) in [4.78, 5) is 14.5. The van der Waals surface area contributed by atoms with Gasteiger partial charge in [0.25, 0.3) is 5.91 Å². The lowest BCUT2D eigenvalue weighted by atomic mass is 9.99. The second-order valence-corrected chi connectivity index (χ2v) is 7.07. The molecule has 2 aromatic rings. The van der Waals surface area contributed by atoms with Crippen molar-refractivity contribution in [3.05, 3.63) is 52.3 Å². The van der Waals surface area contributed by atoms with Crippen LogP contribution in [0.5, 0.6) is 5.75 Å². The van der Waals surface area contributed by atoms with Gasteiger partial charge in [0.1, 0.15) is 11.6 Å². The van der Waals surface area contributed by atoms with Crippen LogP contribution in [0.1, 0.15) is 41.6 Å². The maximum atomic E-state index is 14.4. The minimum Gasteiger partial charge on any atom is -0.507 e. The number of phenolic OH excluding ortho intramolecular Hbond substituents is 1. The van der Waals surface area contributed by atoms with Gasteiger partial charge in [-0.05, 0) is 55.7 Å². The first-order valence-corrected chi connectivity index (χ1v) is 8.82. The van der Waals surface area contributed by atoms with E-state index < -0.39 is 5.82 Å². The summed E-state index contributed by atoms with van der Waals surface area (Å²) < 4.78 is 14.4. The molecule has 0 radical (unpaired) electrons.